The zero-order valence-electron chi connectivity index (χ0n) is 13.9. The minimum atomic E-state index is -4.16. The first-order valence-electron chi connectivity index (χ1n) is 7.66. The Labute approximate surface area is 181 Å². The molecule has 144 valence electrons. The average molecular weight is 474 g/mol. The second-order valence-electron chi connectivity index (χ2n) is 5.44. The molecule has 0 atom stereocenters. The summed E-state index contributed by atoms with van der Waals surface area (Å²) in [6, 6.07) is 12.3. The highest BCUT2D eigenvalue weighted by atomic mass is 35.5. The van der Waals surface area contributed by atoms with E-state index < -0.39 is 15.9 Å². The SMILES string of the molecule is O=C(NS(=O)(=O)c1cnccc1Sc1ccc(Cl)c(Cl)c1)c1ccc(Cl)cc1. The second kappa shape index (κ2) is 8.71. The van der Waals surface area contributed by atoms with Gasteiger partial charge in [-0.1, -0.05) is 46.6 Å². The minimum absolute atomic E-state index is 0.131. The van der Waals surface area contributed by atoms with Gasteiger partial charge in [-0.3, -0.25) is 9.78 Å². The summed E-state index contributed by atoms with van der Waals surface area (Å²) >= 11 is 18.9. The van der Waals surface area contributed by atoms with Gasteiger partial charge in [-0.2, -0.15) is 0 Å². The molecular weight excluding hydrogens is 463 g/mol. The van der Waals surface area contributed by atoms with Crippen molar-refractivity contribution in [3.63, 3.8) is 0 Å². The molecule has 0 aliphatic heterocycles. The molecule has 1 N–H and O–H groups in total. The number of nitrogens with zero attached hydrogens (tertiary/aromatic N) is 1. The summed E-state index contributed by atoms with van der Waals surface area (Å²) in [5.41, 5.74) is 0.163. The molecule has 28 heavy (non-hydrogen) atoms. The van der Waals surface area contributed by atoms with Gasteiger partial charge in [0.1, 0.15) is 4.90 Å². The first-order valence-corrected chi connectivity index (χ1v) is 11.1. The number of carbonyl (C=O) groups is 1. The van der Waals surface area contributed by atoms with Crippen molar-refractivity contribution < 1.29 is 13.2 Å². The van der Waals surface area contributed by atoms with Crippen molar-refractivity contribution in [3.05, 3.63) is 81.6 Å². The number of pyridine rings is 1. The lowest BCUT2D eigenvalue weighted by molar-refractivity contribution is 0.0981. The van der Waals surface area contributed by atoms with Crippen LogP contribution in [0.15, 0.2) is 75.6 Å². The van der Waals surface area contributed by atoms with Crippen molar-refractivity contribution in [3.8, 4) is 0 Å². The summed E-state index contributed by atoms with van der Waals surface area (Å²) in [6.07, 6.45) is 2.64. The lowest BCUT2D eigenvalue weighted by atomic mass is 10.2. The summed E-state index contributed by atoms with van der Waals surface area (Å²) in [5.74, 6) is -0.772. The van der Waals surface area contributed by atoms with E-state index in [2.05, 4.69) is 4.98 Å². The summed E-state index contributed by atoms with van der Waals surface area (Å²) in [6.45, 7) is 0. The van der Waals surface area contributed by atoms with Crippen LogP contribution in [0.5, 0.6) is 0 Å². The van der Waals surface area contributed by atoms with Crippen LogP contribution in [0.3, 0.4) is 0 Å². The van der Waals surface area contributed by atoms with Gasteiger partial charge in [0.05, 0.1) is 10.0 Å². The van der Waals surface area contributed by atoms with Gasteiger partial charge in [0.25, 0.3) is 15.9 Å². The molecular formula is C18H11Cl3N2O3S2. The second-order valence-corrected chi connectivity index (χ2v) is 9.46. The molecule has 0 aliphatic carbocycles. The molecule has 0 unspecified atom stereocenters. The summed E-state index contributed by atoms with van der Waals surface area (Å²) < 4.78 is 27.6. The fraction of sp³-hybridized carbons (Fsp3) is 0. The van der Waals surface area contributed by atoms with Gasteiger partial charge in [-0.15, -0.1) is 0 Å². The van der Waals surface area contributed by atoms with Crippen LogP contribution >= 0.6 is 46.6 Å². The first-order chi connectivity index (χ1) is 13.3. The molecule has 1 amide bonds. The first kappa shape index (κ1) is 21.0. The molecule has 3 rings (SSSR count). The van der Waals surface area contributed by atoms with E-state index in [0.717, 1.165) is 11.8 Å². The van der Waals surface area contributed by atoms with E-state index in [1.54, 1.807) is 18.2 Å². The van der Waals surface area contributed by atoms with Gasteiger partial charge in [-0.25, -0.2) is 13.1 Å². The monoisotopic (exact) mass is 472 g/mol. The molecule has 2 aromatic carbocycles. The lowest BCUT2D eigenvalue weighted by Gasteiger charge is -2.11. The van der Waals surface area contributed by atoms with Gasteiger partial charge in [0.15, 0.2) is 0 Å². The highest BCUT2D eigenvalue weighted by Crippen LogP contribution is 2.35. The molecule has 0 bridgehead atoms. The summed E-state index contributed by atoms with van der Waals surface area (Å²) in [4.78, 5) is 17.1. The number of hydrogen-bond acceptors (Lipinski definition) is 5. The van der Waals surface area contributed by atoms with E-state index in [0.29, 0.717) is 24.9 Å². The van der Waals surface area contributed by atoms with Crippen molar-refractivity contribution >= 4 is 62.5 Å². The number of hydrogen-bond donors (Lipinski definition) is 1. The highest BCUT2D eigenvalue weighted by Gasteiger charge is 2.23. The Hall–Kier alpha value is -1.77. The van der Waals surface area contributed by atoms with Crippen molar-refractivity contribution in [2.45, 2.75) is 14.7 Å². The Morgan fingerprint density at radius 3 is 2.36 bits per heavy atom. The number of halogens is 3. The third kappa shape index (κ3) is 4.98. The van der Waals surface area contributed by atoms with E-state index >= 15 is 0 Å². The number of benzene rings is 2. The Morgan fingerprint density at radius 1 is 0.964 bits per heavy atom. The average Bonchev–Trinajstić information content (AvgIpc) is 2.65. The molecule has 3 aromatic rings. The number of sulfonamides is 1. The van der Waals surface area contributed by atoms with Crippen LogP contribution < -0.4 is 4.72 Å². The van der Waals surface area contributed by atoms with Crippen molar-refractivity contribution in [2.24, 2.45) is 0 Å². The zero-order valence-corrected chi connectivity index (χ0v) is 17.8. The molecule has 0 saturated heterocycles. The molecule has 0 fully saturated rings. The van der Waals surface area contributed by atoms with Crippen LogP contribution in [0.2, 0.25) is 15.1 Å². The van der Waals surface area contributed by atoms with Gasteiger partial charge in [0, 0.05) is 32.8 Å². The lowest BCUT2D eigenvalue weighted by Crippen LogP contribution is -2.31. The Morgan fingerprint density at radius 2 is 1.68 bits per heavy atom. The van der Waals surface area contributed by atoms with Crippen molar-refractivity contribution in [1.29, 1.82) is 0 Å². The largest absolute Gasteiger partial charge is 0.268 e. The van der Waals surface area contributed by atoms with Crippen molar-refractivity contribution in [2.75, 3.05) is 0 Å². The Balaban J connectivity index is 1.88. The van der Waals surface area contributed by atoms with Crippen LogP contribution in [-0.2, 0) is 10.0 Å². The third-order valence-electron chi connectivity index (χ3n) is 3.49. The van der Waals surface area contributed by atoms with E-state index in [1.165, 1.54) is 42.7 Å². The predicted octanol–water partition coefficient (Wildman–Crippen LogP) is 5.31. The quantitative estimate of drug-likeness (QED) is 0.543. The normalized spacial score (nSPS) is 11.2. The molecule has 5 nitrogen and oxygen atoms in total. The molecule has 1 aromatic heterocycles. The van der Waals surface area contributed by atoms with E-state index in [9.17, 15) is 13.2 Å². The maximum Gasteiger partial charge on any atom is 0.266 e. The van der Waals surface area contributed by atoms with Crippen LogP contribution in [0.4, 0.5) is 0 Å². The molecule has 1 heterocycles. The van der Waals surface area contributed by atoms with E-state index in [-0.39, 0.29) is 10.5 Å². The number of carbonyl (C=O) groups excluding carboxylic acids is 1. The standard InChI is InChI=1S/C18H11Cl3N2O3S2/c19-12-3-1-11(2-4-12)18(24)23-28(25,26)17-10-22-8-7-16(17)27-13-5-6-14(20)15(21)9-13/h1-10H,(H,23,24). The van der Waals surface area contributed by atoms with Gasteiger partial charge in [0.2, 0.25) is 0 Å². The van der Waals surface area contributed by atoms with Gasteiger partial charge < -0.3 is 0 Å². The predicted molar refractivity (Wildman–Crippen MR) is 111 cm³/mol. The van der Waals surface area contributed by atoms with Gasteiger partial charge in [-0.05, 0) is 48.5 Å². The molecule has 10 heteroatoms. The third-order valence-corrected chi connectivity index (χ3v) is 7.03. The summed E-state index contributed by atoms with van der Waals surface area (Å²) in [5, 5.41) is 1.18. The fourth-order valence-electron chi connectivity index (χ4n) is 2.16. The fourth-order valence-corrected chi connectivity index (χ4v) is 4.95. The van der Waals surface area contributed by atoms with Gasteiger partial charge >= 0.3 is 0 Å². The van der Waals surface area contributed by atoms with Crippen molar-refractivity contribution in [1.82, 2.24) is 9.71 Å². The minimum Gasteiger partial charge on any atom is -0.268 e. The number of nitrogens with one attached hydrogen (secondary N) is 1. The maximum atomic E-state index is 12.8. The number of amides is 1. The van der Waals surface area contributed by atoms with Crippen LogP contribution in [-0.4, -0.2) is 19.3 Å². The highest BCUT2D eigenvalue weighted by molar-refractivity contribution is 8.00. The smallest absolute Gasteiger partial charge is 0.266 e. The zero-order chi connectivity index (χ0) is 20.3. The molecule has 0 radical (unpaired) electrons. The molecule has 0 spiro atoms. The molecule has 0 saturated carbocycles. The van der Waals surface area contributed by atoms with Crippen LogP contribution in [0.25, 0.3) is 0 Å². The maximum absolute atomic E-state index is 12.8. The van der Waals surface area contributed by atoms with E-state index in [1.807, 2.05) is 4.72 Å². The number of rotatable bonds is 5. The summed E-state index contributed by atoms with van der Waals surface area (Å²) in [7, 11) is -4.16. The Bertz CT molecular complexity index is 1140. The molecule has 0 aliphatic rings. The Kier molecular flexibility index (Phi) is 6.52. The van der Waals surface area contributed by atoms with E-state index in [4.69, 9.17) is 34.8 Å². The topological polar surface area (TPSA) is 76.1 Å². The van der Waals surface area contributed by atoms with Crippen LogP contribution in [0, 0.1) is 0 Å². The number of aromatic nitrogens is 1. The van der Waals surface area contributed by atoms with Crippen LogP contribution in [0.1, 0.15) is 10.4 Å².